The van der Waals surface area contributed by atoms with Crippen molar-refractivity contribution in [2.45, 2.75) is 148 Å². The summed E-state index contributed by atoms with van der Waals surface area (Å²) in [5.74, 6) is -0.363. The molecule has 0 saturated heterocycles. The molecule has 0 rings (SSSR count). The second-order valence-corrected chi connectivity index (χ2v) is 16.0. The van der Waals surface area contributed by atoms with Crippen LogP contribution in [0, 0.1) is 0 Å². The molecule has 0 spiro atoms. The third kappa shape index (κ3) is 41.0. The number of allylic oxidation sites excluding steroid dienone is 12. The quantitative estimate of drug-likeness (QED) is 0.0204. The first-order valence-corrected chi connectivity index (χ1v) is 22.1. The number of esters is 1. The van der Waals surface area contributed by atoms with Gasteiger partial charge in [0.1, 0.15) is 19.3 Å². The fourth-order valence-electron chi connectivity index (χ4n) is 5.04. The van der Waals surface area contributed by atoms with Gasteiger partial charge in [0.15, 0.2) is 0 Å². The molecule has 0 N–H and O–H groups in total. The molecule has 9 heteroatoms. The van der Waals surface area contributed by atoms with Crippen LogP contribution < -0.4 is 4.89 Å². The summed E-state index contributed by atoms with van der Waals surface area (Å²) in [6.07, 6.45) is 46.3. The maximum atomic E-state index is 12.6. The highest BCUT2D eigenvalue weighted by atomic mass is 31.2. The summed E-state index contributed by atoms with van der Waals surface area (Å²) < 4.78 is 34.4. The number of phosphoric ester groups is 1. The monoisotopic (exact) mass is 764 g/mol. The van der Waals surface area contributed by atoms with Crippen molar-refractivity contribution >= 4 is 13.8 Å². The zero-order valence-corrected chi connectivity index (χ0v) is 35.3. The second-order valence-electron chi connectivity index (χ2n) is 14.6. The van der Waals surface area contributed by atoms with Crippen molar-refractivity contribution < 1.29 is 37.3 Å². The molecule has 0 saturated carbocycles. The van der Waals surface area contributed by atoms with E-state index in [2.05, 4.69) is 86.8 Å². The van der Waals surface area contributed by atoms with Crippen LogP contribution in [-0.2, 0) is 27.9 Å². The van der Waals surface area contributed by atoms with Gasteiger partial charge in [-0.15, -0.1) is 0 Å². The molecule has 0 heterocycles. The van der Waals surface area contributed by atoms with E-state index < -0.39 is 13.9 Å². The van der Waals surface area contributed by atoms with Gasteiger partial charge in [0, 0.05) is 13.0 Å². The summed E-state index contributed by atoms with van der Waals surface area (Å²) in [6.45, 7) is 5.13. The van der Waals surface area contributed by atoms with Crippen LogP contribution in [0.5, 0.6) is 0 Å². The maximum absolute atomic E-state index is 12.6. The van der Waals surface area contributed by atoms with Crippen molar-refractivity contribution in [3.05, 3.63) is 72.9 Å². The predicted molar refractivity (Wildman–Crippen MR) is 222 cm³/mol. The Morgan fingerprint density at radius 1 is 0.604 bits per heavy atom. The smallest absolute Gasteiger partial charge is 0.306 e. The molecule has 0 aromatic carbocycles. The highest BCUT2D eigenvalue weighted by molar-refractivity contribution is 7.45. The zero-order valence-electron chi connectivity index (χ0n) is 34.4. The number of ether oxygens (including phenoxy) is 2. The summed E-state index contributed by atoms with van der Waals surface area (Å²) in [5, 5.41) is 0. The molecule has 2 atom stereocenters. The maximum Gasteiger partial charge on any atom is 0.306 e. The van der Waals surface area contributed by atoms with Crippen molar-refractivity contribution in [1.29, 1.82) is 0 Å². The third-order valence-corrected chi connectivity index (χ3v) is 9.21. The molecule has 0 bridgehead atoms. The molecule has 2 unspecified atom stereocenters. The van der Waals surface area contributed by atoms with Crippen LogP contribution in [0.1, 0.15) is 142 Å². The average Bonchev–Trinajstić information content (AvgIpc) is 3.11. The molecule has 0 aliphatic heterocycles. The van der Waals surface area contributed by atoms with E-state index >= 15 is 0 Å². The van der Waals surface area contributed by atoms with Crippen molar-refractivity contribution in [2.24, 2.45) is 0 Å². The van der Waals surface area contributed by atoms with Gasteiger partial charge >= 0.3 is 5.97 Å². The Hall–Kier alpha value is -2.06. The number of phosphoric acid groups is 1. The van der Waals surface area contributed by atoms with Crippen LogP contribution in [0.25, 0.3) is 0 Å². The molecule has 306 valence electrons. The number of carbonyl (C=O) groups excluding carboxylic acids is 1. The third-order valence-electron chi connectivity index (χ3n) is 8.24. The van der Waals surface area contributed by atoms with Gasteiger partial charge < -0.3 is 27.9 Å². The first-order valence-electron chi connectivity index (χ1n) is 20.7. The van der Waals surface area contributed by atoms with Gasteiger partial charge in [-0.05, 0) is 83.5 Å². The van der Waals surface area contributed by atoms with Gasteiger partial charge in [-0.25, -0.2) is 0 Å². The van der Waals surface area contributed by atoms with Crippen LogP contribution in [0.4, 0.5) is 0 Å². The number of hydrogen-bond acceptors (Lipinski definition) is 7. The summed E-state index contributed by atoms with van der Waals surface area (Å²) in [7, 11) is 1.31. The van der Waals surface area contributed by atoms with Gasteiger partial charge in [0.05, 0.1) is 34.4 Å². The summed E-state index contributed by atoms with van der Waals surface area (Å²) in [6, 6.07) is 0. The Bertz CT molecular complexity index is 1070. The number of rotatable bonds is 37. The molecule has 0 aliphatic carbocycles. The Morgan fingerprint density at radius 2 is 1.09 bits per heavy atom. The number of carbonyl (C=O) groups is 1. The molecule has 53 heavy (non-hydrogen) atoms. The van der Waals surface area contributed by atoms with E-state index in [0.717, 1.165) is 83.5 Å². The molecule has 0 amide bonds. The van der Waals surface area contributed by atoms with Gasteiger partial charge in [-0.3, -0.25) is 9.36 Å². The summed E-state index contributed by atoms with van der Waals surface area (Å²) >= 11 is 0. The Labute approximate surface area is 325 Å². The van der Waals surface area contributed by atoms with E-state index in [1.54, 1.807) is 0 Å². The molecule has 0 radical (unpaired) electrons. The van der Waals surface area contributed by atoms with Gasteiger partial charge in [-0.2, -0.15) is 0 Å². The van der Waals surface area contributed by atoms with Crippen LogP contribution in [0.3, 0.4) is 0 Å². The molecule has 0 aliphatic rings. The van der Waals surface area contributed by atoms with E-state index in [4.69, 9.17) is 18.5 Å². The lowest BCUT2D eigenvalue weighted by molar-refractivity contribution is -0.870. The van der Waals surface area contributed by atoms with Crippen molar-refractivity contribution in [3.8, 4) is 0 Å². The fraction of sp³-hybridized carbons (Fsp3) is 0.705. The van der Waals surface area contributed by atoms with E-state index in [-0.39, 0.29) is 32.2 Å². The number of quaternary nitrogens is 1. The van der Waals surface area contributed by atoms with Crippen molar-refractivity contribution in [2.75, 3.05) is 54.1 Å². The molecule has 0 fully saturated rings. The second kappa shape index (κ2) is 36.9. The number of hydrogen-bond donors (Lipinski definition) is 0. The van der Waals surface area contributed by atoms with Gasteiger partial charge in [-0.1, -0.05) is 125 Å². The SMILES string of the molecule is CC/C=C\C/C=C\C/C=C\C/C=C\C/C=C\CCCCOCC(COP(=O)([O-])OCC[N+](C)(C)C)OC(=O)CCCCCCC/C=C\CCCCCC. The highest BCUT2D eigenvalue weighted by Crippen LogP contribution is 2.38. The fourth-order valence-corrected chi connectivity index (χ4v) is 5.76. The highest BCUT2D eigenvalue weighted by Gasteiger charge is 2.20. The Kier molecular flexibility index (Phi) is 35.5. The van der Waals surface area contributed by atoms with E-state index in [9.17, 15) is 14.3 Å². The first kappa shape index (κ1) is 50.9. The Morgan fingerprint density at radius 3 is 1.66 bits per heavy atom. The van der Waals surface area contributed by atoms with E-state index in [1.807, 2.05) is 21.1 Å². The largest absolute Gasteiger partial charge is 0.756 e. The minimum absolute atomic E-state index is 0.0124. The first-order chi connectivity index (χ1) is 25.6. The van der Waals surface area contributed by atoms with Gasteiger partial charge in [0.25, 0.3) is 7.82 Å². The molecule has 0 aromatic rings. The topological polar surface area (TPSA) is 94.1 Å². The van der Waals surface area contributed by atoms with E-state index in [1.165, 1.54) is 38.5 Å². The minimum Gasteiger partial charge on any atom is -0.756 e. The zero-order chi connectivity index (χ0) is 39.1. The lowest BCUT2D eigenvalue weighted by Crippen LogP contribution is -2.37. The summed E-state index contributed by atoms with van der Waals surface area (Å²) in [4.78, 5) is 25.0. The molecule has 8 nitrogen and oxygen atoms in total. The lowest BCUT2D eigenvalue weighted by Gasteiger charge is -2.28. The minimum atomic E-state index is -4.54. The van der Waals surface area contributed by atoms with Crippen LogP contribution in [0.15, 0.2) is 72.9 Å². The Balaban J connectivity index is 4.38. The van der Waals surface area contributed by atoms with Crippen molar-refractivity contribution in [1.82, 2.24) is 0 Å². The van der Waals surface area contributed by atoms with Gasteiger partial charge in [0.2, 0.25) is 0 Å². The standard InChI is InChI=1S/C44H78NO7P/c1-6-8-10-12-14-16-18-20-21-22-23-24-26-28-30-32-34-36-39-49-41-43(42-51-53(47,48)50-40-38-45(3,4)5)52-44(46)37-35-33-31-29-27-25-19-17-15-13-11-9-7-2/h8,10,14,16-17,19-21,23-24,28,30,43H,6-7,9,11-13,15,18,22,25-27,29,31-42H2,1-5H3/b10-8-,16-14-,19-17-,21-20-,24-23-,30-28-. The number of unbranched alkanes of at least 4 members (excludes halogenated alkanes) is 11. The normalized spacial score (nSPS) is 14.6. The molecular formula is C44H78NO7P. The van der Waals surface area contributed by atoms with Crippen LogP contribution in [0.2, 0.25) is 0 Å². The average molecular weight is 764 g/mol. The van der Waals surface area contributed by atoms with Crippen LogP contribution >= 0.6 is 7.82 Å². The summed E-state index contributed by atoms with van der Waals surface area (Å²) in [5.41, 5.74) is 0. The number of nitrogens with zero attached hydrogens (tertiary/aromatic N) is 1. The predicted octanol–water partition coefficient (Wildman–Crippen LogP) is 11.3. The molecule has 0 aromatic heterocycles. The molecular weight excluding hydrogens is 685 g/mol. The van der Waals surface area contributed by atoms with Crippen LogP contribution in [-0.4, -0.2) is 70.7 Å². The lowest BCUT2D eigenvalue weighted by atomic mass is 10.1. The van der Waals surface area contributed by atoms with Crippen molar-refractivity contribution in [3.63, 3.8) is 0 Å². The number of likely N-dealkylation sites (N-methyl/N-ethyl adjacent to an activating group) is 1. The van der Waals surface area contributed by atoms with E-state index in [0.29, 0.717) is 17.6 Å².